The highest BCUT2D eigenvalue weighted by Crippen LogP contribution is 2.19. The lowest BCUT2D eigenvalue weighted by atomic mass is 10.2. The standard InChI is InChI=1S/C10H10N2O3S2/c13-8(7-2-1-4-15-7)12-10(16)11-6-3-5-17-9(6)14/h1-2,4,6H,3,5H2,(H2,11,12,13,16). The number of hydrogen-bond donors (Lipinski definition) is 2. The van der Waals surface area contributed by atoms with E-state index in [1.807, 2.05) is 0 Å². The van der Waals surface area contributed by atoms with E-state index in [-0.39, 0.29) is 22.0 Å². The van der Waals surface area contributed by atoms with Crippen LogP contribution in [-0.4, -0.2) is 27.9 Å². The van der Waals surface area contributed by atoms with Crippen molar-refractivity contribution in [3.05, 3.63) is 24.2 Å². The number of furan rings is 1. The van der Waals surface area contributed by atoms with Gasteiger partial charge in [0.15, 0.2) is 10.9 Å². The Kier molecular flexibility index (Phi) is 3.80. The predicted molar refractivity (Wildman–Crippen MR) is 67.8 cm³/mol. The molecule has 1 aromatic rings. The summed E-state index contributed by atoms with van der Waals surface area (Å²) in [5, 5.41) is 5.47. The molecule has 0 spiro atoms. The summed E-state index contributed by atoms with van der Waals surface area (Å²) in [6, 6.07) is 2.85. The molecule has 0 bridgehead atoms. The first kappa shape index (κ1) is 12.1. The van der Waals surface area contributed by atoms with Gasteiger partial charge in [-0.05, 0) is 30.8 Å². The van der Waals surface area contributed by atoms with E-state index >= 15 is 0 Å². The lowest BCUT2D eigenvalue weighted by molar-refractivity contribution is -0.111. The highest BCUT2D eigenvalue weighted by Gasteiger charge is 2.26. The van der Waals surface area contributed by atoms with Crippen molar-refractivity contribution < 1.29 is 14.0 Å². The lowest BCUT2D eigenvalue weighted by Gasteiger charge is -2.12. The van der Waals surface area contributed by atoms with Gasteiger partial charge in [0.1, 0.15) is 0 Å². The van der Waals surface area contributed by atoms with Crippen LogP contribution in [0.4, 0.5) is 0 Å². The monoisotopic (exact) mass is 270 g/mol. The van der Waals surface area contributed by atoms with Gasteiger partial charge >= 0.3 is 0 Å². The van der Waals surface area contributed by atoms with Crippen LogP contribution in [-0.2, 0) is 4.79 Å². The van der Waals surface area contributed by atoms with E-state index in [1.54, 1.807) is 6.07 Å². The van der Waals surface area contributed by atoms with Gasteiger partial charge in [-0.15, -0.1) is 0 Å². The zero-order valence-corrected chi connectivity index (χ0v) is 10.4. The number of hydrogen-bond acceptors (Lipinski definition) is 5. The molecular formula is C10H10N2O3S2. The third kappa shape index (κ3) is 3.07. The Morgan fingerprint density at radius 3 is 3.00 bits per heavy atom. The van der Waals surface area contributed by atoms with Gasteiger partial charge in [0.25, 0.3) is 5.91 Å². The molecule has 2 rings (SSSR count). The number of amides is 1. The van der Waals surface area contributed by atoms with Crippen molar-refractivity contribution in [3.63, 3.8) is 0 Å². The summed E-state index contributed by atoms with van der Waals surface area (Å²) in [7, 11) is 0. The lowest BCUT2D eigenvalue weighted by Crippen LogP contribution is -2.45. The van der Waals surface area contributed by atoms with Crippen LogP contribution in [0.25, 0.3) is 0 Å². The van der Waals surface area contributed by atoms with Crippen molar-refractivity contribution >= 4 is 40.1 Å². The second-order valence-corrected chi connectivity index (χ2v) is 4.92. The minimum Gasteiger partial charge on any atom is -0.459 e. The minimum atomic E-state index is -0.425. The number of nitrogens with one attached hydrogen (secondary N) is 2. The fraction of sp³-hybridized carbons (Fsp3) is 0.300. The predicted octanol–water partition coefficient (Wildman–Crippen LogP) is 0.916. The molecular weight excluding hydrogens is 260 g/mol. The summed E-state index contributed by atoms with van der Waals surface area (Å²) >= 11 is 6.22. The second-order valence-electron chi connectivity index (χ2n) is 3.41. The van der Waals surface area contributed by atoms with Crippen molar-refractivity contribution in [2.75, 3.05) is 5.75 Å². The van der Waals surface area contributed by atoms with Gasteiger partial charge in [0.05, 0.1) is 12.3 Å². The van der Waals surface area contributed by atoms with Crippen LogP contribution in [0.3, 0.4) is 0 Å². The van der Waals surface area contributed by atoms with Crippen molar-refractivity contribution in [2.45, 2.75) is 12.5 Å². The van der Waals surface area contributed by atoms with E-state index < -0.39 is 5.91 Å². The molecule has 1 atom stereocenters. The van der Waals surface area contributed by atoms with E-state index in [0.29, 0.717) is 0 Å². The van der Waals surface area contributed by atoms with Crippen LogP contribution in [0.2, 0.25) is 0 Å². The SMILES string of the molecule is O=C(NC(=S)NC1CCSC1=O)c1ccco1. The largest absolute Gasteiger partial charge is 0.459 e. The maximum Gasteiger partial charge on any atom is 0.293 e. The Balaban J connectivity index is 1.85. The number of rotatable bonds is 2. The van der Waals surface area contributed by atoms with Gasteiger partial charge < -0.3 is 9.73 Å². The van der Waals surface area contributed by atoms with E-state index in [9.17, 15) is 9.59 Å². The molecule has 1 unspecified atom stereocenters. The maximum absolute atomic E-state index is 11.5. The molecule has 5 nitrogen and oxygen atoms in total. The molecule has 1 amide bonds. The Morgan fingerprint density at radius 2 is 2.41 bits per heavy atom. The van der Waals surface area contributed by atoms with Gasteiger partial charge in [0.2, 0.25) is 5.12 Å². The molecule has 1 fully saturated rings. The molecule has 90 valence electrons. The molecule has 0 saturated carbocycles. The summed E-state index contributed by atoms with van der Waals surface area (Å²) in [6.07, 6.45) is 2.13. The zero-order chi connectivity index (χ0) is 12.3. The Morgan fingerprint density at radius 1 is 1.59 bits per heavy atom. The van der Waals surface area contributed by atoms with Crippen LogP contribution in [0.1, 0.15) is 17.0 Å². The Hall–Kier alpha value is -1.34. The molecule has 0 aromatic carbocycles. The molecule has 0 aliphatic carbocycles. The summed E-state index contributed by atoms with van der Waals surface area (Å²) < 4.78 is 4.92. The molecule has 1 aliphatic rings. The Bertz CT molecular complexity index is 444. The number of carbonyl (C=O) groups is 2. The fourth-order valence-corrected chi connectivity index (χ4v) is 2.56. The molecule has 7 heteroatoms. The number of carbonyl (C=O) groups excluding carboxylic acids is 2. The summed E-state index contributed by atoms with van der Waals surface area (Å²) in [6.45, 7) is 0. The van der Waals surface area contributed by atoms with Crippen LogP contribution in [0, 0.1) is 0 Å². The first-order valence-corrected chi connectivity index (χ1v) is 6.38. The summed E-state index contributed by atoms with van der Waals surface area (Å²) in [5.74, 6) is 0.539. The fourth-order valence-electron chi connectivity index (χ4n) is 1.39. The first-order chi connectivity index (χ1) is 8.16. The van der Waals surface area contributed by atoms with Crippen molar-refractivity contribution in [2.24, 2.45) is 0 Å². The molecule has 0 radical (unpaired) electrons. The van der Waals surface area contributed by atoms with Gasteiger partial charge in [-0.3, -0.25) is 14.9 Å². The van der Waals surface area contributed by atoms with Crippen molar-refractivity contribution in [3.8, 4) is 0 Å². The minimum absolute atomic E-state index is 0.0552. The number of thioether (sulfide) groups is 1. The van der Waals surface area contributed by atoms with E-state index in [4.69, 9.17) is 16.6 Å². The molecule has 1 aliphatic heterocycles. The third-order valence-corrected chi connectivity index (χ3v) is 3.44. The molecule has 2 N–H and O–H groups in total. The van der Waals surface area contributed by atoms with Gasteiger partial charge in [-0.25, -0.2) is 0 Å². The van der Waals surface area contributed by atoms with Crippen LogP contribution < -0.4 is 10.6 Å². The molecule has 1 saturated heterocycles. The zero-order valence-electron chi connectivity index (χ0n) is 8.76. The molecule has 2 heterocycles. The van der Waals surface area contributed by atoms with Crippen LogP contribution in [0.15, 0.2) is 22.8 Å². The molecule has 1 aromatic heterocycles. The van der Waals surface area contributed by atoms with Crippen LogP contribution in [0.5, 0.6) is 0 Å². The van der Waals surface area contributed by atoms with Gasteiger partial charge in [-0.2, -0.15) is 0 Å². The quantitative estimate of drug-likeness (QED) is 0.779. The average molecular weight is 270 g/mol. The topological polar surface area (TPSA) is 71.3 Å². The summed E-state index contributed by atoms with van der Waals surface area (Å²) in [5.41, 5.74) is 0. The van der Waals surface area contributed by atoms with Crippen molar-refractivity contribution in [1.82, 2.24) is 10.6 Å². The third-order valence-electron chi connectivity index (χ3n) is 2.21. The van der Waals surface area contributed by atoms with E-state index in [2.05, 4.69) is 10.6 Å². The van der Waals surface area contributed by atoms with Gasteiger partial charge in [-0.1, -0.05) is 11.8 Å². The number of thiocarbonyl (C=S) groups is 1. The van der Waals surface area contributed by atoms with E-state index in [0.717, 1.165) is 12.2 Å². The molecule has 17 heavy (non-hydrogen) atoms. The first-order valence-electron chi connectivity index (χ1n) is 4.99. The van der Waals surface area contributed by atoms with Crippen molar-refractivity contribution in [1.29, 1.82) is 0 Å². The highest BCUT2D eigenvalue weighted by molar-refractivity contribution is 8.14. The van der Waals surface area contributed by atoms with Crippen LogP contribution >= 0.6 is 24.0 Å². The highest BCUT2D eigenvalue weighted by atomic mass is 32.2. The second kappa shape index (κ2) is 5.33. The maximum atomic E-state index is 11.5. The van der Waals surface area contributed by atoms with Gasteiger partial charge in [0, 0.05) is 5.75 Å². The smallest absolute Gasteiger partial charge is 0.293 e. The Labute approximate surface area is 107 Å². The normalized spacial score (nSPS) is 19.1. The summed E-state index contributed by atoms with van der Waals surface area (Å²) in [4.78, 5) is 22.9. The van der Waals surface area contributed by atoms with E-state index in [1.165, 1.54) is 24.1 Å². The average Bonchev–Trinajstić information content (AvgIpc) is 2.90.